The molecule has 0 fully saturated rings. The van der Waals surface area contributed by atoms with Crippen LogP contribution in [0.2, 0.25) is 39.3 Å². The van der Waals surface area contributed by atoms with Crippen molar-refractivity contribution in [2.75, 3.05) is 0 Å². The van der Waals surface area contributed by atoms with Crippen LogP contribution in [0.25, 0.3) is 0 Å². The first-order valence-electron chi connectivity index (χ1n) is 9.26. The third kappa shape index (κ3) is 12.2. The van der Waals surface area contributed by atoms with Crippen molar-refractivity contribution in [2.24, 2.45) is 0 Å². The standard InChI is InChI=1S/C16H39O6Si4/c1-13(2)17-24(7,8)20-16(23,21-25(9,10)18-14(3)4)22-26(11,12)19-15(5)6/h13-15H,1-12H3. The lowest BCUT2D eigenvalue weighted by Crippen LogP contribution is -2.60. The van der Waals surface area contributed by atoms with Gasteiger partial charge in [-0.2, -0.15) is 0 Å². The highest BCUT2D eigenvalue weighted by atomic mass is 28.4. The molecule has 155 valence electrons. The summed E-state index contributed by atoms with van der Waals surface area (Å²) in [5, 5.41) is 0. The molecule has 0 rings (SSSR count). The highest BCUT2D eigenvalue weighted by Gasteiger charge is 2.48. The molecule has 0 aromatic rings. The second-order valence-electron chi connectivity index (χ2n) is 8.56. The molecule has 3 radical (unpaired) electrons. The van der Waals surface area contributed by atoms with E-state index in [1.165, 1.54) is 0 Å². The first-order chi connectivity index (χ1) is 11.4. The average Bonchev–Trinajstić information content (AvgIpc) is 2.16. The highest BCUT2D eigenvalue weighted by molar-refractivity contribution is 6.68. The molecule has 0 aliphatic heterocycles. The van der Waals surface area contributed by atoms with Gasteiger partial charge in [0.05, 0.1) is 0 Å². The molecule has 0 bridgehead atoms. The highest BCUT2D eigenvalue weighted by Crippen LogP contribution is 2.29. The smallest absolute Gasteiger partial charge is 0.335 e. The first-order valence-corrected chi connectivity index (χ1v) is 18.2. The maximum atomic E-state index is 6.27. The molecule has 6 nitrogen and oxygen atoms in total. The average molecular weight is 440 g/mol. The van der Waals surface area contributed by atoms with Gasteiger partial charge < -0.3 is 26.6 Å². The van der Waals surface area contributed by atoms with Crippen LogP contribution in [0.15, 0.2) is 0 Å². The normalized spacial score (nSPS) is 14.8. The molecular formula is C16H39O6Si4. The van der Waals surface area contributed by atoms with Gasteiger partial charge in [-0.1, -0.05) is 0 Å². The second kappa shape index (κ2) is 9.90. The molecule has 26 heavy (non-hydrogen) atoms. The van der Waals surface area contributed by atoms with Gasteiger partial charge in [0.25, 0.3) is 0 Å². The quantitative estimate of drug-likeness (QED) is 0.335. The molecule has 0 aromatic carbocycles. The summed E-state index contributed by atoms with van der Waals surface area (Å²) in [6.45, 7) is 23.7. The minimum absolute atomic E-state index is 0.0434. The fraction of sp³-hybridized carbons (Fsp3) is 1.00. The topological polar surface area (TPSA) is 55.4 Å². The van der Waals surface area contributed by atoms with Gasteiger partial charge in [-0.25, -0.2) is 0 Å². The van der Waals surface area contributed by atoms with Gasteiger partial charge in [0, 0.05) is 18.3 Å². The molecule has 0 saturated carbocycles. The number of hydrogen-bond donors (Lipinski definition) is 0. The summed E-state index contributed by atoms with van der Waals surface area (Å²) < 4.78 is 36.8. The number of rotatable bonds is 12. The zero-order valence-corrected chi connectivity index (χ0v) is 22.7. The molecule has 0 heterocycles. The summed E-state index contributed by atoms with van der Waals surface area (Å²) in [6, 6.07) is 0. The first kappa shape index (κ1) is 26.6. The monoisotopic (exact) mass is 439 g/mol. The zero-order chi connectivity index (χ0) is 21.0. The Morgan fingerprint density at radius 2 is 0.731 bits per heavy atom. The van der Waals surface area contributed by atoms with Gasteiger partial charge >= 0.3 is 25.7 Å². The largest absolute Gasteiger partial charge is 0.392 e. The molecule has 10 heteroatoms. The van der Waals surface area contributed by atoms with Crippen LogP contribution >= 0.6 is 0 Å². The van der Waals surface area contributed by atoms with Crippen molar-refractivity contribution in [1.29, 1.82) is 0 Å². The summed E-state index contributed by atoms with van der Waals surface area (Å²) in [5.41, 5.74) is -1.47. The predicted molar refractivity (Wildman–Crippen MR) is 113 cm³/mol. The maximum Gasteiger partial charge on any atom is 0.335 e. The lowest BCUT2D eigenvalue weighted by atomic mass is 10.5. The lowest BCUT2D eigenvalue weighted by Gasteiger charge is -2.44. The van der Waals surface area contributed by atoms with E-state index in [-0.39, 0.29) is 18.3 Å². The zero-order valence-electron chi connectivity index (χ0n) is 18.7. The molecule has 0 aliphatic carbocycles. The third-order valence-electron chi connectivity index (χ3n) is 2.70. The predicted octanol–water partition coefficient (Wildman–Crippen LogP) is 4.20. The van der Waals surface area contributed by atoms with E-state index in [1.807, 2.05) is 80.8 Å². The number of hydrogen-bond acceptors (Lipinski definition) is 6. The molecule has 0 atom stereocenters. The van der Waals surface area contributed by atoms with Crippen molar-refractivity contribution >= 4 is 35.9 Å². The van der Waals surface area contributed by atoms with Gasteiger partial charge in [0.2, 0.25) is 5.60 Å². The Labute approximate surface area is 167 Å². The van der Waals surface area contributed by atoms with E-state index >= 15 is 0 Å². The Hall–Kier alpha value is 0.628. The van der Waals surface area contributed by atoms with E-state index in [2.05, 4.69) is 10.2 Å². The van der Waals surface area contributed by atoms with Gasteiger partial charge in [-0.3, -0.25) is 0 Å². The van der Waals surface area contributed by atoms with Crippen LogP contribution in [0.1, 0.15) is 41.5 Å². The minimum atomic E-state index is -2.55. The van der Waals surface area contributed by atoms with E-state index in [9.17, 15) is 0 Å². The minimum Gasteiger partial charge on any atom is -0.392 e. The molecule has 0 unspecified atom stereocenters. The van der Waals surface area contributed by atoms with Gasteiger partial charge in [-0.15, -0.1) is 0 Å². The molecule has 0 N–H and O–H groups in total. The lowest BCUT2D eigenvalue weighted by molar-refractivity contribution is -0.228. The van der Waals surface area contributed by atoms with Crippen molar-refractivity contribution in [2.45, 2.75) is 105 Å². The Morgan fingerprint density at radius 1 is 0.538 bits per heavy atom. The maximum absolute atomic E-state index is 6.27. The molecule has 0 aliphatic rings. The van der Waals surface area contributed by atoms with Crippen LogP contribution in [-0.4, -0.2) is 59.8 Å². The van der Waals surface area contributed by atoms with Crippen molar-refractivity contribution in [3.63, 3.8) is 0 Å². The van der Waals surface area contributed by atoms with Crippen molar-refractivity contribution in [1.82, 2.24) is 0 Å². The van der Waals surface area contributed by atoms with E-state index in [0.29, 0.717) is 0 Å². The van der Waals surface area contributed by atoms with Crippen LogP contribution in [0.4, 0.5) is 0 Å². The van der Waals surface area contributed by atoms with E-state index in [4.69, 9.17) is 26.6 Å². The molecule has 0 saturated heterocycles. The molecule has 0 aromatic heterocycles. The van der Waals surface area contributed by atoms with Gasteiger partial charge in [0.1, 0.15) is 0 Å². The van der Waals surface area contributed by atoms with Crippen LogP contribution in [-0.2, 0) is 26.6 Å². The van der Waals surface area contributed by atoms with E-state index < -0.39 is 31.3 Å². The fourth-order valence-corrected chi connectivity index (χ4v) is 11.0. The van der Waals surface area contributed by atoms with Crippen LogP contribution in [0.5, 0.6) is 0 Å². The second-order valence-corrected chi connectivity index (χ2v) is 18.9. The third-order valence-corrected chi connectivity index (χ3v) is 9.02. The van der Waals surface area contributed by atoms with Gasteiger partial charge in [0.15, 0.2) is 10.2 Å². The summed E-state index contributed by atoms with van der Waals surface area (Å²) in [5.74, 6) is 0. The molecule has 0 amide bonds. The van der Waals surface area contributed by atoms with Crippen LogP contribution in [0, 0.1) is 0 Å². The van der Waals surface area contributed by atoms with Crippen molar-refractivity contribution < 1.29 is 26.6 Å². The molecule has 0 spiro atoms. The Balaban J connectivity index is 5.56. The van der Waals surface area contributed by atoms with Crippen LogP contribution < -0.4 is 0 Å². The Kier molecular flexibility index (Phi) is 10.1. The summed E-state index contributed by atoms with van der Waals surface area (Å²) in [6.07, 6.45) is 0.130. The van der Waals surface area contributed by atoms with Crippen molar-refractivity contribution in [3.8, 4) is 0 Å². The summed E-state index contributed by atoms with van der Waals surface area (Å²) in [7, 11) is -4.01. The van der Waals surface area contributed by atoms with E-state index in [0.717, 1.165) is 0 Å². The Bertz CT molecular complexity index is 367. The Morgan fingerprint density at radius 3 is 0.885 bits per heavy atom. The van der Waals surface area contributed by atoms with Crippen LogP contribution in [0.3, 0.4) is 0 Å². The fourth-order valence-electron chi connectivity index (χ4n) is 2.81. The molecular weight excluding hydrogens is 401 g/mol. The SMILES string of the molecule is CC(C)O[Si](C)(C)OC([Si])(O[Si](C)(C)OC(C)C)O[Si](C)(C)OC(C)C. The van der Waals surface area contributed by atoms with Crippen molar-refractivity contribution in [3.05, 3.63) is 0 Å². The van der Waals surface area contributed by atoms with E-state index in [1.54, 1.807) is 0 Å². The summed E-state index contributed by atoms with van der Waals surface area (Å²) >= 11 is 0. The summed E-state index contributed by atoms with van der Waals surface area (Å²) in [4.78, 5) is 0. The van der Waals surface area contributed by atoms with Gasteiger partial charge in [-0.05, 0) is 80.8 Å².